The lowest BCUT2D eigenvalue weighted by Gasteiger charge is -2.16. The van der Waals surface area contributed by atoms with Crippen LogP contribution in [0.4, 0.5) is 4.39 Å². The van der Waals surface area contributed by atoms with Crippen molar-refractivity contribution in [2.75, 3.05) is 26.8 Å². The topological polar surface area (TPSA) is 72.6 Å². The Bertz CT molecular complexity index is 548. The number of carbonyl (C=O) groups excluding carboxylic acids is 2. The Balaban J connectivity index is 2.08. The minimum Gasteiger partial charge on any atom is -0.383 e. The number of primary amides is 1. The molecule has 0 aliphatic carbocycles. The summed E-state index contributed by atoms with van der Waals surface area (Å²) in [5.41, 5.74) is 5.73. The third kappa shape index (κ3) is 3.58. The lowest BCUT2D eigenvalue weighted by Crippen LogP contribution is -2.29. The van der Waals surface area contributed by atoms with Crippen LogP contribution in [-0.2, 0) is 16.0 Å². The Morgan fingerprint density at radius 2 is 2.29 bits per heavy atom. The molecule has 2 N–H and O–H groups in total. The van der Waals surface area contributed by atoms with Gasteiger partial charge in [0.1, 0.15) is 5.82 Å². The number of hydrogen-bond acceptors (Lipinski definition) is 3. The highest BCUT2D eigenvalue weighted by atomic mass is 19.1. The van der Waals surface area contributed by atoms with Gasteiger partial charge in [-0.25, -0.2) is 4.39 Å². The molecule has 1 aliphatic rings. The van der Waals surface area contributed by atoms with E-state index in [-0.39, 0.29) is 17.4 Å². The predicted molar refractivity (Wildman–Crippen MR) is 75.2 cm³/mol. The van der Waals surface area contributed by atoms with Gasteiger partial charge in [0.25, 0.3) is 5.91 Å². The molecule has 2 rings (SSSR count). The van der Waals surface area contributed by atoms with E-state index in [2.05, 4.69) is 0 Å². The summed E-state index contributed by atoms with van der Waals surface area (Å²) >= 11 is 0. The number of hydrogen-bond donors (Lipinski definition) is 1. The monoisotopic (exact) mass is 294 g/mol. The number of rotatable bonds is 6. The van der Waals surface area contributed by atoms with Crippen LogP contribution in [-0.4, -0.2) is 43.5 Å². The number of ether oxygens (including phenoxy) is 1. The van der Waals surface area contributed by atoms with Crippen LogP contribution in [0.25, 0.3) is 0 Å². The zero-order valence-corrected chi connectivity index (χ0v) is 12.0. The predicted octanol–water partition coefficient (Wildman–Crippen LogP) is 0.962. The summed E-state index contributed by atoms with van der Waals surface area (Å²) in [6.07, 6.45) is 0.865. The summed E-state index contributed by atoms with van der Waals surface area (Å²) in [6.45, 7) is 1.64. The zero-order valence-electron chi connectivity index (χ0n) is 12.0. The van der Waals surface area contributed by atoms with Gasteiger partial charge in [0.2, 0.25) is 5.91 Å². The van der Waals surface area contributed by atoms with Gasteiger partial charge in [0, 0.05) is 26.6 Å². The van der Waals surface area contributed by atoms with E-state index in [1.165, 1.54) is 6.07 Å². The van der Waals surface area contributed by atoms with Gasteiger partial charge in [-0.2, -0.15) is 0 Å². The maximum Gasteiger partial charge on any atom is 0.251 e. The van der Waals surface area contributed by atoms with Crippen LogP contribution >= 0.6 is 0 Å². The summed E-state index contributed by atoms with van der Waals surface area (Å²) in [5.74, 6) is -1.26. The molecule has 6 heteroatoms. The van der Waals surface area contributed by atoms with Gasteiger partial charge in [-0.1, -0.05) is 12.1 Å². The highest BCUT2D eigenvalue weighted by Crippen LogP contribution is 2.24. The fourth-order valence-corrected chi connectivity index (χ4v) is 2.73. The zero-order chi connectivity index (χ0) is 15.4. The molecule has 1 aliphatic heterocycles. The fourth-order valence-electron chi connectivity index (χ4n) is 2.73. The van der Waals surface area contributed by atoms with Gasteiger partial charge in [-0.05, 0) is 24.0 Å². The number of nitrogens with zero attached hydrogens (tertiary/aromatic N) is 1. The van der Waals surface area contributed by atoms with Crippen LogP contribution in [0, 0.1) is 11.7 Å². The molecular weight excluding hydrogens is 275 g/mol. The highest BCUT2D eigenvalue weighted by molar-refractivity contribution is 5.94. The van der Waals surface area contributed by atoms with Gasteiger partial charge in [0.15, 0.2) is 0 Å². The van der Waals surface area contributed by atoms with Gasteiger partial charge in [-0.15, -0.1) is 0 Å². The van der Waals surface area contributed by atoms with Crippen molar-refractivity contribution in [1.82, 2.24) is 4.90 Å². The second-order valence-electron chi connectivity index (χ2n) is 5.25. The number of carbonyl (C=O) groups is 2. The van der Waals surface area contributed by atoms with Crippen molar-refractivity contribution in [2.45, 2.75) is 12.8 Å². The number of halogens is 1. The third-order valence-electron chi connectivity index (χ3n) is 3.71. The lowest BCUT2D eigenvalue weighted by molar-refractivity contribution is -0.128. The van der Waals surface area contributed by atoms with Crippen LogP contribution in [0.3, 0.4) is 0 Å². The normalized spacial score (nSPS) is 18.3. The number of methoxy groups -OCH3 is 1. The fraction of sp³-hybridized carbons (Fsp3) is 0.467. The lowest BCUT2D eigenvalue weighted by atomic mass is 9.94. The summed E-state index contributed by atoms with van der Waals surface area (Å²) in [6, 6.07) is 4.45. The van der Waals surface area contributed by atoms with Crippen molar-refractivity contribution in [2.24, 2.45) is 11.7 Å². The van der Waals surface area contributed by atoms with Crippen molar-refractivity contribution in [1.29, 1.82) is 0 Å². The summed E-state index contributed by atoms with van der Waals surface area (Å²) < 4.78 is 18.7. The molecule has 0 saturated carbocycles. The molecule has 0 bridgehead atoms. The molecular formula is C15H19FN2O3. The molecule has 0 spiro atoms. The quantitative estimate of drug-likeness (QED) is 0.849. The Hall–Kier alpha value is -1.95. The maximum absolute atomic E-state index is 13.7. The van der Waals surface area contributed by atoms with E-state index in [1.54, 1.807) is 24.1 Å². The molecule has 1 aromatic rings. The number of benzene rings is 1. The summed E-state index contributed by atoms with van der Waals surface area (Å²) in [4.78, 5) is 25.0. The molecule has 0 radical (unpaired) electrons. The minimum absolute atomic E-state index is 0.0640. The average Bonchev–Trinajstić information content (AvgIpc) is 2.76. The van der Waals surface area contributed by atoms with E-state index in [4.69, 9.17) is 10.5 Å². The van der Waals surface area contributed by atoms with Gasteiger partial charge in [-0.3, -0.25) is 9.59 Å². The van der Waals surface area contributed by atoms with E-state index in [0.717, 1.165) is 0 Å². The smallest absolute Gasteiger partial charge is 0.251 e. The first-order valence-corrected chi connectivity index (χ1v) is 6.86. The van der Waals surface area contributed by atoms with E-state index >= 15 is 0 Å². The van der Waals surface area contributed by atoms with Gasteiger partial charge >= 0.3 is 0 Å². The van der Waals surface area contributed by atoms with Crippen LogP contribution in [0.15, 0.2) is 18.2 Å². The minimum atomic E-state index is -0.774. The number of nitrogens with two attached hydrogens (primary N) is 1. The average molecular weight is 294 g/mol. The van der Waals surface area contributed by atoms with Crippen LogP contribution in [0.5, 0.6) is 0 Å². The first-order chi connectivity index (χ1) is 10.0. The molecule has 21 heavy (non-hydrogen) atoms. The first-order valence-electron chi connectivity index (χ1n) is 6.86. The number of amides is 2. The Morgan fingerprint density at radius 3 is 2.95 bits per heavy atom. The van der Waals surface area contributed by atoms with Crippen LogP contribution < -0.4 is 5.73 Å². The summed E-state index contributed by atoms with van der Waals surface area (Å²) in [5, 5.41) is 0. The Labute approximate surface area is 122 Å². The molecule has 1 fully saturated rings. The van der Waals surface area contributed by atoms with Crippen LogP contribution in [0.1, 0.15) is 22.3 Å². The SMILES string of the molecule is COCCN1C[C@H](Cc2cccc(F)c2C(N)=O)CC1=O. The highest BCUT2D eigenvalue weighted by Gasteiger charge is 2.30. The molecule has 1 aromatic carbocycles. The molecule has 1 atom stereocenters. The first kappa shape index (κ1) is 15.4. The van der Waals surface area contributed by atoms with Crippen molar-refractivity contribution < 1.29 is 18.7 Å². The van der Waals surface area contributed by atoms with Gasteiger partial charge in [0.05, 0.1) is 12.2 Å². The van der Waals surface area contributed by atoms with E-state index in [9.17, 15) is 14.0 Å². The van der Waals surface area contributed by atoms with E-state index in [1.807, 2.05) is 0 Å². The van der Waals surface area contributed by atoms with Crippen molar-refractivity contribution >= 4 is 11.8 Å². The largest absolute Gasteiger partial charge is 0.383 e. The third-order valence-corrected chi connectivity index (χ3v) is 3.71. The van der Waals surface area contributed by atoms with E-state index in [0.29, 0.717) is 38.1 Å². The maximum atomic E-state index is 13.7. The van der Waals surface area contributed by atoms with Crippen molar-refractivity contribution in [3.8, 4) is 0 Å². The Morgan fingerprint density at radius 1 is 1.52 bits per heavy atom. The molecule has 0 aromatic heterocycles. The Kier molecular flexibility index (Phi) is 4.90. The van der Waals surface area contributed by atoms with Crippen molar-refractivity contribution in [3.63, 3.8) is 0 Å². The molecule has 5 nitrogen and oxygen atoms in total. The van der Waals surface area contributed by atoms with Gasteiger partial charge < -0.3 is 15.4 Å². The standard InChI is InChI=1S/C15H19FN2O3/c1-21-6-5-18-9-10(8-13(18)19)7-11-3-2-4-12(16)14(11)15(17)20/h2-4,10H,5-9H2,1H3,(H2,17,20)/t10-/m1/s1. The molecule has 1 heterocycles. The number of likely N-dealkylation sites (tertiary alicyclic amines) is 1. The second-order valence-corrected chi connectivity index (χ2v) is 5.25. The molecule has 114 valence electrons. The van der Waals surface area contributed by atoms with Crippen LogP contribution in [0.2, 0.25) is 0 Å². The summed E-state index contributed by atoms with van der Waals surface area (Å²) in [7, 11) is 1.59. The second kappa shape index (κ2) is 6.67. The van der Waals surface area contributed by atoms with E-state index < -0.39 is 11.7 Å². The molecule has 0 unspecified atom stereocenters. The molecule has 2 amide bonds. The van der Waals surface area contributed by atoms with Crippen molar-refractivity contribution in [3.05, 3.63) is 35.1 Å². The molecule has 1 saturated heterocycles.